The Bertz CT molecular complexity index is 232. The summed E-state index contributed by atoms with van der Waals surface area (Å²) in [6.07, 6.45) is 11.0. The van der Waals surface area contributed by atoms with Crippen LogP contribution in [0.3, 0.4) is 0 Å². The molecule has 4 atom stereocenters. The molecule has 0 amide bonds. The summed E-state index contributed by atoms with van der Waals surface area (Å²) in [4.78, 5) is 0. The first-order valence-electron chi connectivity index (χ1n) is 7.17. The number of rotatable bonds is 6. The molecule has 1 saturated carbocycles. The molecule has 1 aliphatic rings. The maximum Gasteiger partial charge on any atom is 0.0246 e. The maximum atomic E-state index is 11.1. The summed E-state index contributed by atoms with van der Waals surface area (Å²) >= 11 is 0. The van der Waals surface area contributed by atoms with Crippen LogP contribution in [-0.4, -0.2) is 28.3 Å². The van der Waals surface area contributed by atoms with Crippen LogP contribution in [0.25, 0.3) is 0 Å². The summed E-state index contributed by atoms with van der Waals surface area (Å²) in [7, 11) is -0.643. The van der Waals surface area contributed by atoms with Gasteiger partial charge < -0.3 is 5.32 Å². The summed E-state index contributed by atoms with van der Waals surface area (Å²) < 4.78 is 11.1. The lowest BCUT2D eigenvalue weighted by atomic mass is 9.98. The molecule has 0 bridgehead atoms. The minimum Gasteiger partial charge on any atom is -0.311 e. The standard InChI is InChI=1S/C14H29NOS/c1-4-13-6-5-7-14(9-8-13)15-12(2)10-11-17(3)16/h12-15H,4-11H2,1-3H3. The van der Waals surface area contributed by atoms with E-state index in [0.29, 0.717) is 12.1 Å². The van der Waals surface area contributed by atoms with Gasteiger partial charge in [0.25, 0.3) is 0 Å². The van der Waals surface area contributed by atoms with Crippen molar-refractivity contribution in [2.45, 2.75) is 70.9 Å². The summed E-state index contributed by atoms with van der Waals surface area (Å²) in [5, 5.41) is 3.72. The van der Waals surface area contributed by atoms with Gasteiger partial charge in [-0.1, -0.05) is 26.2 Å². The molecule has 3 heteroatoms. The van der Waals surface area contributed by atoms with Gasteiger partial charge in [0.2, 0.25) is 0 Å². The average molecular weight is 259 g/mol. The van der Waals surface area contributed by atoms with Gasteiger partial charge in [0.05, 0.1) is 0 Å². The zero-order chi connectivity index (χ0) is 12.7. The molecule has 102 valence electrons. The molecule has 1 rings (SSSR count). The molecular weight excluding hydrogens is 230 g/mol. The topological polar surface area (TPSA) is 29.1 Å². The smallest absolute Gasteiger partial charge is 0.0246 e. The van der Waals surface area contributed by atoms with Crippen LogP contribution in [0.4, 0.5) is 0 Å². The highest BCUT2D eigenvalue weighted by Gasteiger charge is 2.18. The fourth-order valence-electron chi connectivity index (χ4n) is 2.78. The third-order valence-electron chi connectivity index (χ3n) is 4.02. The minimum absolute atomic E-state index is 0.516. The van der Waals surface area contributed by atoms with Gasteiger partial charge in [-0.3, -0.25) is 4.21 Å². The third kappa shape index (κ3) is 6.56. The number of hydrogen-bond donors (Lipinski definition) is 1. The van der Waals surface area contributed by atoms with Gasteiger partial charge in [-0.2, -0.15) is 0 Å². The van der Waals surface area contributed by atoms with E-state index in [9.17, 15) is 4.21 Å². The van der Waals surface area contributed by atoms with Crippen molar-refractivity contribution in [1.82, 2.24) is 5.32 Å². The lowest BCUT2D eigenvalue weighted by Crippen LogP contribution is -2.37. The monoisotopic (exact) mass is 259 g/mol. The van der Waals surface area contributed by atoms with Gasteiger partial charge in [-0.15, -0.1) is 0 Å². The predicted molar refractivity (Wildman–Crippen MR) is 76.8 cm³/mol. The van der Waals surface area contributed by atoms with Gasteiger partial charge in [0.15, 0.2) is 0 Å². The molecule has 1 N–H and O–H groups in total. The summed E-state index contributed by atoms with van der Waals surface area (Å²) in [6, 6.07) is 1.22. The molecule has 0 aliphatic heterocycles. The number of nitrogens with one attached hydrogen (secondary N) is 1. The Morgan fingerprint density at radius 1 is 1.29 bits per heavy atom. The number of hydrogen-bond acceptors (Lipinski definition) is 2. The van der Waals surface area contributed by atoms with Gasteiger partial charge in [-0.25, -0.2) is 0 Å². The zero-order valence-corrected chi connectivity index (χ0v) is 12.5. The first-order chi connectivity index (χ1) is 8.11. The van der Waals surface area contributed by atoms with Crippen LogP contribution < -0.4 is 5.32 Å². The van der Waals surface area contributed by atoms with Crippen molar-refractivity contribution < 1.29 is 4.21 Å². The summed E-state index contributed by atoms with van der Waals surface area (Å²) in [6.45, 7) is 4.55. The highest BCUT2D eigenvalue weighted by atomic mass is 32.2. The average Bonchev–Trinajstić information content (AvgIpc) is 2.51. The molecule has 1 aliphatic carbocycles. The van der Waals surface area contributed by atoms with E-state index in [4.69, 9.17) is 0 Å². The molecule has 0 spiro atoms. The Labute approximate surface area is 109 Å². The fraction of sp³-hybridized carbons (Fsp3) is 1.00. The van der Waals surface area contributed by atoms with Crippen LogP contribution >= 0.6 is 0 Å². The predicted octanol–water partition coefficient (Wildman–Crippen LogP) is 3.09. The van der Waals surface area contributed by atoms with Crippen LogP contribution in [0.1, 0.15) is 58.8 Å². The van der Waals surface area contributed by atoms with Crippen LogP contribution in [0.5, 0.6) is 0 Å². The van der Waals surface area contributed by atoms with Crippen molar-refractivity contribution in [3.8, 4) is 0 Å². The second-order valence-corrected chi connectivity index (χ2v) is 7.17. The maximum absolute atomic E-state index is 11.1. The van der Waals surface area contributed by atoms with Crippen molar-refractivity contribution >= 4 is 10.8 Å². The van der Waals surface area contributed by atoms with E-state index in [-0.39, 0.29) is 0 Å². The Kier molecular flexibility index (Phi) is 7.36. The summed E-state index contributed by atoms with van der Waals surface area (Å²) in [5.74, 6) is 1.79. The largest absolute Gasteiger partial charge is 0.311 e. The Morgan fingerprint density at radius 2 is 2.06 bits per heavy atom. The lowest BCUT2D eigenvalue weighted by Gasteiger charge is -2.22. The van der Waals surface area contributed by atoms with Crippen molar-refractivity contribution in [3.63, 3.8) is 0 Å². The molecule has 0 aromatic heterocycles. The molecule has 17 heavy (non-hydrogen) atoms. The Balaban J connectivity index is 2.23. The third-order valence-corrected chi connectivity index (χ3v) is 4.83. The van der Waals surface area contributed by atoms with Crippen LogP contribution in [0, 0.1) is 5.92 Å². The van der Waals surface area contributed by atoms with Crippen molar-refractivity contribution in [3.05, 3.63) is 0 Å². The van der Waals surface area contributed by atoms with Gasteiger partial charge in [-0.05, 0) is 38.5 Å². The van der Waals surface area contributed by atoms with Gasteiger partial charge in [0, 0.05) is 34.9 Å². The first kappa shape index (κ1) is 15.2. The van der Waals surface area contributed by atoms with E-state index < -0.39 is 10.8 Å². The molecule has 0 saturated heterocycles. The normalized spacial score (nSPS) is 29.6. The lowest BCUT2D eigenvalue weighted by molar-refractivity contribution is 0.391. The molecule has 1 fully saturated rings. The SMILES string of the molecule is CCC1CCCC(NC(C)CCS(C)=O)CC1. The molecule has 0 radical (unpaired) electrons. The van der Waals surface area contributed by atoms with E-state index in [1.54, 1.807) is 6.26 Å². The molecule has 0 aromatic rings. The van der Waals surface area contributed by atoms with Crippen LogP contribution in [0.15, 0.2) is 0 Å². The second kappa shape index (κ2) is 8.25. The van der Waals surface area contributed by atoms with Gasteiger partial charge in [0.1, 0.15) is 0 Å². The highest BCUT2D eigenvalue weighted by Crippen LogP contribution is 2.25. The first-order valence-corrected chi connectivity index (χ1v) is 8.90. The molecule has 0 heterocycles. The van der Waals surface area contributed by atoms with Gasteiger partial charge >= 0.3 is 0 Å². The van der Waals surface area contributed by atoms with E-state index in [1.807, 2.05) is 0 Å². The minimum atomic E-state index is -0.643. The van der Waals surface area contributed by atoms with Crippen molar-refractivity contribution in [1.29, 1.82) is 0 Å². The highest BCUT2D eigenvalue weighted by molar-refractivity contribution is 7.84. The van der Waals surface area contributed by atoms with E-state index in [2.05, 4.69) is 19.2 Å². The van der Waals surface area contributed by atoms with Crippen LogP contribution in [0.2, 0.25) is 0 Å². The quantitative estimate of drug-likeness (QED) is 0.743. The Morgan fingerprint density at radius 3 is 2.71 bits per heavy atom. The molecular formula is C14H29NOS. The van der Waals surface area contributed by atoms with E-state index >= 15 is 0 Å². The van der Waals surface area contributed by atoms with Crippen LogP contribution in [-0.2, 0) is 10.8 Å². The van der Waals surface area contributed by atoms with Crippen molar-refractivity contribution in [2.75, 3.05) is 12.0 Å². The summed E-state index contributed by atoms with van der Waals surface area (Å²) in [5.41, 5.74) is 0. The fourth-order valence-corrected chi connectivity index (χ4v) is 3.47. The molecule has 0 aromatic carbocycles. The molecule has 2 nitrogen and oxygen atoms in total. The Hall–Kier alpha value is 0.110. The van der Waals surface area contributed by atoms with E-state index in [1.165, 1.54) is 38.5 Å². The molecule has 4 unspecified atom stereocenters. The van der Waals surface area contributed by atoms with E-state index in [0.717, 1.165) is 18.1 Å². The zero-order valence-electron chi connectivity index (χ0n) is 11.7. The second-order valence-electron chi connectivity index (χ2n) is 5.61. The van der Waals surface area contributed by atoms with Crippen molar-refractivity contribution in [2.24, 2.45) is 5.92 Å².